The third-order valence-electron chi connectivity index (χ3n) is 4.97. The van der Waals surface area contributed by atoms with Crippen molar-refractivity contribution in [3.8, 4) is 5.75 Å². The van der Waals surface area contributed by atoms with Crippen molar-refractivity contribution < 1.29 is 9.13 Å². The van der Waals surface area contributed by atoms with Gasteiger partial charge in [0.2, 0.25) is 5.96 Å². The fraction of sp³-hybridized carbons (Fsp3) is 0.120. The highest BCUT2D eigenvalue weighted by Crippen LogP contribution is 2.31. The summed E-state index contributed by atoms with van der Waals surface area (Å²) < 4.78 is 19.1. The Labute approximate surface area is 206 Å². The molecular weight excluding hydrogens is 469 g/mol. The molecule has 0 aliphatic carbocycles. The molecule has 0 unspecified atom stereocenters. The number of aromatic nitrogens is 2. The van der Waals surface area contributed by atoms with Crippen molar-refractivity contribution in [3.05, 3.63) is 89.0 Å². The monoisotopic (exact) mass is 491 g/mol. The molecule has 35 heavy (non-hydrogen) atoms. The van der Waals surface area contributed by atoms with E-state index in [0.29, 0.717) is 27.8 Å². The summed E-state index contributed by atoms with van der Waals surface area (Å²) >= 11 is 6.42. The number of halogens is 2. The van der Waals surface area contributed by atoms with Crippen molar-refractivity contribution in [2.75, 3.05) is 19.4 Å². The predicted octanol–water partition coefficient (Wildman–Crippen LogP) is 5.16. The molecule has 4 rings (SSSR count). The van der Waals surface area contributed by atoms with Crippen LogP contribution in [0.1, 0.15) is 11.1 Å². The summed E-state index contributed by atoms with van der Waals surface area (Å²) in [5.41, 5.74) is 5.66. The van der Waals surface area contributed by atoms with Gasteiger partial charge in [-0.1, -0.05) is 29.8 Å². The van der Waals surface area contributed by atoms with Crippen LogP contribution in [0.15, 0.2) is 72.1 Å². The van der Waals surface area contributed by atoms with E-state index in [1.807, 2.05) is 24.3 Å². The lowest BCUT2D eigenvalue weighted by atomic mass is 10.1. The number of guanidine groups is 1. The van der Waals surface area contributed by atoms with Gasteiger partial charge in [0.25, 0.3) is 0 Å². The van der Waals surface area contributed by atoms with E-state index >= 15 is 0 Å². The Morgan fingerprint density at radius 1 is 1.14 bits per heavy atom. The molecule has 10 heteroatoms. The number of rotatable bonds is 7. The molecule has 0 saturated heterocycles. The molecule has 4 aromatic rings. The maximum atomic E-state index is 13.4. The van der Waals surface area contributed by atoms with Gasteiger partial charge >= 0.3 is 0 Å². The fourth-order valence-electron chi connectivity index (χ4n) is 3.14. The SMILES string of the molecule is CN(C)C(=N)N/N=C/c1ccc2ncnc(Nc3ccc(OCc4cccc(F)c4)c(Cl)c3)c2c1. The van der Waals surface area contributed by atoms with Gasteiger partial charge in [-0.2, -0.15) is 5.10 Å². The van der Waals surface area contributed by atoms with E-state index in [4.69, 9.17) is 21.7 Å². The number of ether oxygens (including phenoxy) is 1. The lowest BCUT2D eigenvalue weighted by molar-refractivity contribution is 0.306. The highest BCUT2D eigenvalue weighted by Gasteiger charge is 2.08. The van der Waals surface area contributed by atoms with Gasteiger partial charge in [-0.3, -0.25) is 5.41 Å². The topological polar surface area (TPSA) is 98.5 Å². The number of hydrogen-bond acceptors (Lipinski definition) is 6. The summed E-state index contributed by atoms with van der Waals surface area (Å²) in [6.45, 7) is 0.202. The second-order valence-corrected chi connectivity index (χ2v) is 8.21. The number of hydrogen-bond donors (Lipinski definition) is 3. The van der Waals surface area contributed by atoms with E-state index in [2.05, 4.69) is 25.8 Å². The standard InChI is InChI=1S/C25H23ClFN7O/c1-34(2)25(28)33-31-13-16-6-8-22-20(11-16)24(30-15-29-22)32-19-7-9-23(21(26)12-19)35-14-17-4-3-5-18(27)10-17/h3-13,15H,14H2,1-2H3,(H2,28,33)(H,29,30,32)/b31-13+. The van der Waals surface area contributed by atoms with E-state index in [9.17, 15) is 4.39 Å². The van der Waals surface area contributed by atoms with E-state index in [1.54, 1.807) is 49.5 Å². The Kier molecular flexibility index (Phi) is 7.37. The molecular formula is C25H23ClFN7O. The minimum absolute atomic E-state index is 0.174. The third kappa shape index (κ3) is 6.21. The zero-order chi connectivity index (χ0) is 24.8. The quantitative estimate of drug-likeness (QED) is 0.187. The minimum atomic E-state index is -0.312. The largest absolute Gasteiger partial charge is 0.487 e. The Morgan fingerprint density at radius 3 is 2.77 bits per heavy atom. The van der Waals surface area contributed by atoms with Crippen LogP contribution in [0.25, 0.3) is 10.9 Å². The summed E-state index contributed by atoms with van der Waals surface area (Å²) in [4.78, 5) is 10.3. The van der Waals surface area contributed by atoms with Gasteiger partial charge in [-0.05, 0) is 53.6 Å². The molecule has 178 valence electrons. The highest BCUT2D eigenvalue weighted by atomic mass is 35.5. The lowest BCUT2D eigenvalue weighted by Gasteiger charge is -2.12. The maximum absolute atomic E-state index is 13.4. The van der Waals surface area contributed by atoms with Crippen molar-refractivity contribution in [3.63, 3.8) is 0 Å². The molecule has 3 aromatic carbocycles. The average molecular weight is 492 g/mol. The van der Waals surface area contributed by atoms with Gasteiger partial charge in [0, 0.05) is 25.2 Å². The first-order chi connectivity index (χ1) is 16.9. The summed E-state index contributed by atoms with van der Waals surface area (Å²) in [6, 6.07) is 17.2. The molecule has 3 N–H and O–H groups in total. The van der Waals surface area contributed by atoms with E-state index < -0.39 is 0 Å². The first-order valence-corrected chi connectivity index (χ1v) is 11.0. The van der Waals surface area contributed by atoms with Crippen molar-refractivity contribution in [2.45, 2.75) is 6.61 Å². The molecule has 0 spiro atoms. The van der Waals surface area contributed by atoms with Gasteiger partial charge in [-0.25, -0.2) is 19.8 Å². The van der Waals surface area contributed by atoms with Crippen LogP contribution in [0.5, 0.6) is 5.75 Å². The molecule has 0 saturated carbocycles. The number of nitrogens with one attached hydrogen (secondary N) is 3. The van der Waals surface area contributed by atoms with Crippen molar-refractivity contribution in [2.24, 2.45) is 5.10 Å². The smallest absolute Gasteiger partial charge is 0.211 e. The molecule has 0 radical (unpaired) electrons. The number of nitrogens with zero attached hydrogens (tertiary/aromatic N) is 4. The van der Waals surface area contributed by atoms with Crippen molar-refractivity contribution in [1.82, 2.24) is 20.3 Å². The molecule has 0 fully saturated rings. The van der Waals surface area contributed by atoms with Gasteiger partial charge < -0.3 is 15.0 Å². The summed E-state index contributed by atoms with van der Waals surface area (Å²) in [6.07, 6.45) is 3.10. The Balaban J connectivity index is 1.49. The number of anilines is 2. The minimum Gasteiger partial charge on any atom is -0.487 e. The van der Waals surface area contributed by atoms with Crippen LogP contribution >= 0.6 is 11.6 Å². The van der Waals surface area contributed by atoms with Crippen LogP contribution in [0, 0.1) is 11.2 Å². The van der Waals surface area contributed by atoms with E-state index in [-0.39, 0.29) is 18.4 Å². The van der Waals surface area contributed by atoms with Gasteiger partial charge in [0.15, 0.2) is 0 Å². The molecule has 8 nitrogen and oxygen atoms in total. The summed E-state index contributed by atoms with van der Waals surface area (Å²) in [5, 5.41) is 16.3. The van der Waals surface area contributed by atoms with Gasteiger partial charge in [0.05, 0.1) is 16.8 Å². The van der Waals surface area contributed by atoms with E-state index in [1.165, 1.54) is 18.5 Å². The first kappa shape index (κ1) is 23.9. The van der Waals surface area contributed by atoms with Crippen molar-refractivity contribution in [1.29, 1.82) is 5.41 Å². The zero-order valence-electron chi connectivity index (χ0n) is 19.1. The third-order valence-corrected chi connectivity index (χ3v) is 5.26. The molecule has 0 atom stereocenters. The van der Waals surface area contributed by atoms with Crippen LogP contribution < -0.4 is 15.5 Å². The van der Waals surface area contributed by atoms with Crippen LogP contribution in [0.2, 0.25) is 5.02 Å². The fourth-order valence-corrected chi connectivity index (χ4v) is 3.38. The first-order valence-electron chi connectivity index (χ1n) is 10.6. The summed E-state index contributed by atoms with van der Waals surface area (Å²) in [5.74, 6) is 0.951. The number of hydrazone groups is 1. The summed E-state index contributed by atoms with van der Waals surface area (Å²) in [7, 11) is 3.51. The van der Waals surface area contributed by atoms with Crippen LogP contribution in [-0.2, 0) is 6.61 Å². The van der Waals surface area contributed by atoms with Crippen LogP contribution in [0.4, 0.5) is 15.9 Å². The predicted molar refractivity (Wildman–Crippen MR) is 137 cm³/mol. The highest BCUT2D eigenvalue weighted by molar-refractivity contribution is 6.32. The van der Waals surface area contributed by atoms with Crippen LogP contribution in [-0.4, -0.2) is 41.1 Å². The second kappa shape index (κ2) is 10.8. The lowest BCUT2D eigenvalue weighted by Crippen LogP contribution is -2.31. The van der Waals surface area contributed by atoms with E-state index in [0.717, 1.165) is 16.5 Å². The van der Waals surface area contributed by atoms with Gasteiger partial charge in [-0.15, -0.1) is 0 Å². The average Bonchev–Trinajstić information content (AvgIpc) is 2.84. The molecule has 0 amide bonds. The van der Waals surface area contributed by atoms with Crippen molar-refractivity contribution >= 4 is 46.2 Å². The Morgan fingerprint density at radius 2 is 2.00 bits per heavy atom. The van der Waals surface area contributed by atoms with Gasteiger partial charge in [0.1, 0.15) is 30.3 Å². The second-order valence-electron chi connectivity index (χ2n) is 7.80. The number of fused-ring (bicyclic) bond motifs is 1. The molecule has 1 heterocycles. The molecule has 0 bridgehead atoms. The van der Waals surface area contributed by atoms with Crippen LogP contribution in [0.3, 0.4) is 0 Å². The molecule has 0 aliphatic rings. The Hall–Kier alpha value is -4.24. The normalized spacial score (nSPS) is 11.0. The number of benzene rings is 3. The Bertz CT molecular complexity index is 1390. The maximum Gasteiger partial charge on any atom is 0.211 e. The molecule has 0 aliphatic heterocycles. The molecule has 1 aromatic heterocycles. The zero-order valence-corrected chi connectivity index (χ0v) is 19.8.